The molecule has 0 bridgehead atoms. The fraction of sp³-hybridized carbons (Fsp3) is 1.00. The Morgan fingerprint density at radius 1 is 1.31 bits per heavy atom. The van der Waals surface area contributed by atoms with Crippen molar-refractivity contribution in [3.05, 3.63) is 0 Å². The summed E-state index contributed by atoms with van der Waals surface area (Å²) >= 11 is -2.17. The molecule has 0 saturated carbocycles. The van der Waals surface area contributed by atoms with Gasteiger partial charge in [0.05, 0.1) is 0 Å². The van der Waals surface area contributed by atoms with Crippen molar-refractivity contribution in [2.24, 2.45) is 0 Å². The Kier molecular flexibility index (Phi) is 4.96. The Hall–Kier alpha value is 0.453. The molecule has 3 nitrogen and oxygen atoms in total. The van der Waals surface area contributed by atoms with Gasteiger partial charge in [0, 0.05) is 0 Å². The molecule has 0 rings (SSSR count). The Morgan fingerprint density at radius 3 is 2.00 bits per heavy atom. The quantitative estimate of drug-likeness (QED) is 0.566. The minimum atomic E-state index is -3.30. The average Bonchev–Trinajstić information content (AvgIpc) is 1.98. The third-order valence-electron chi connectivity index (χ3n) is 2.10. The molecule has 0 fully saturated rings. The van der Waals surface area contributed by atoms with Crippen molar-refractivity contribution < 1.29 is 12.6 Å². The van der Waals surface area contributed by atoms with E-state index in [-0.39, 0.29) is 4.08 Å². The second kappa shape index (κ2) is 4.80. The molecule has 0 aliphatic rings. The molecule has 1 atom stereocenters. The summed E-state index contributed by atoms with van der Waals surface area (Å²) in [5.74, 6) is 6.32. The van der Waals surface area contributed by atoms with Crippen molar-refractivity contribution in [2.45, 2.75) is 41.1 Å². The fourth-order valence-corrected chi connectivity index (χ4v) is 11.5. The van der Waals surface area contributed by atoms with E-state index in [0.717, 1.165) is 12.8 Å². The summed E-state index contributed by atoms with van der Waals surface area (Å²) in [5, 5.41) is 0. The van der Waals surface area contributed by atoms with Gasteiger partial charge in [0.25, 0.3) is 0 Å². The molecule has 0 aromatic carbocycles. The van der Waals surface area contributed by atoms with Gasteiger partial charge in [0.15, 0.2) is 0 Å². The van der Waals surface area contributed by atoms with Crippen molar-refractivity contribution in [3.63, 3.8) is 0 Å². The first-order valence-corrected chi connectivity index (χ1v) is 13.5. The molecule has 5 heteroatoms. The van der Waals surface area contributed by atoms with Crippen molar-refractivity contribution >= 4 is 23.4 Å². The maximum atomic E-state index is 11.6. The van der Waals surface area contributed by atoms with Crippen LogP contribution in [0.1, 0.15) is 19.8 Å². The standard InChI is InChI=1S/C8H20GeO3S/c1-6-7-8(9(2,3)4)13(10,11)12-5/h8H,6-7H2,1-5H3. The predicted molar refractivity (Wildman–Crippen MR) is 58.0 cm³/mol. The van der Waals surface area contributed by atoms with Gasteiger partial charge in [-0.25, -0.2) is 0 Å². The molecular formula is C8H20GeO3S. The number of hydrogen-bond donors (Lipinski definition) is 0. The molecule has 0 aliphatic heterocycles. The van der Waals surface area contributed by atoms with E-state index in [2.05, 4.69) is 21.5 Å². The normalized spacial score (nSPS) is 15.8. The summed E-state index contributed by atoms with van der Waals surface area (Å²) in [7, 11) is -2.04. The van der Waals surface area contributed by atoms with E-state index in [9.17, 15) is 8.42 Å². The Bertz CT molecular complexity index is 241. The summed E-state index contributed by atoms with van der Waals surface area (Å²) < 4.78 is 27.5. The van der Waals surface area contributed by atoms with E-state index in [4.69, 9.17) is 0 Å². The second-order valence-electron chi connectivity index (χ2n) is 4.30. The van der Waals surface area contributed by atoms with Crippen LogP contribution in [0.15, 0.2) is 0 Å². The van der Waals surface area contributed by atoms with Crippen molar-refractivity contribution in [3.8, 4) is 0 Å². The van der Waals surface area contributed by atoms with Crippen LogP contribution in [-0.4, -0.2) is 32.9 Å². The average molecular weight is 269 g/mol. The van der Waals surface area contributed by atoms with Crippen LogP contribution < -0.4 is 0 Å². The van der Waals surface area contributed by atoms with Gasteiger partial charge in [-0.2, -0.15) is 0 Å². The zero-order valence-corrected chi connectivity index (χ0v) is 12.0. The molecule has 0 saturated heterocycles. The van der Waals surface area contributed by atoms with Gasteiger partial charge in [-0.05, 0) is 0 Å². The molecule has 1 unspecified atom stereocenters. The van der Waals surface area contributed by atoms with Crippen LogP contribution in [0.25, 0.3) is 0 Å². The van der Waals surface area contributed by atoms with Gasteiger partial charge in [-0.3, -0.25) is 0 Å². The maximum absolute atomic E-state index is 11.6. The first kappa shape index (κ1) is 13.5. The van der Waals surface area contributed by atoms with Crippen LogP contribution in [0, 0.1) is 0 Å². The first-order valence-electron chi connectivity index (χ1n) is 4.55. The van der Waals surface area contributed by atoms with E-state index in [1.807, 2.05) is 6.92 Å². The molecule has 0 aliphatic carbocycles. The van der Waals surface area contributed by atoms with E-state index >= 15 is 0 Å². The van der Waals surface area contributed by atoms with Crippen LogP contribution in [0.3, 0.4) is 0 Å². The van der Waals surface area contributed by atoms with Gasteiger partial charge in [0.1, 0.15) is 0 Å². The molecule has 0 N–H and O–H groups in total. The van der Waals surface area contributed by atoms with Crippen molar-refractivity contribution in [1.82, 2.24) is 0 Å². The fourth-order valence-electron chi connectivity index (χ4n) is 1.39. The van der Waals surface area contributed by atoms with Gasteiger partial charge in [-0.1, -0.05) is 0 Å². The van der Waals surface area contributed by atoms with Crippen LogP contribution >= 0.6 is 0 Å². The molecule has 13 heavy (non-hydrogen) atoms. The van der Waals surface area contributed by atoms with Crippen LogP contribution in [-0.2, 0) is 14.3 Å². The van der Waals surface area contributed by atoms with Crippen LogP contribution in [0.5, 0.6) is 0 Å². The Balaban J connectivity index is 4.83. The topological polar surface area (TPSA) is 43.4 Å². The van der Waals surface area contributed by atoms with Gasteiger partial charge < -0.3 is 0 Å². The Morgan fingerprint density at radius 2 is 1.77 bits per heavy atom. The summed E-state index contributed by atoms with van der Waals surface area (Å²) in [5.41, 5.74) is 0. The molecule has 0 radical (unpaired) electrons. The van der Waals surface area contributed by atoms with Crippen LogP contribution in [0.2, 0.25) is 17.3 Å². The molecular weight excluding hydrogens is 249 g/mol. The third kappa shape index (κ3) is 4.00. The van der Waals surface area contributed by atoms with Crippen molar-refractivity contribution in [2.75, 3.05) is 7.11 Å². The molecule has 0 heterocycles. The molecule has 0 aromatic heterocycles. The zero-order valence-electron chi connectivity index (χ0n) is 9.12. The second-order valence-corrected chi connectivity index (χ2v) is 18.5. The summed E-state index contributed by atoms with van der Waals surface area (Å²) in [6.45, 7) is 2.01. The van der Waals surface area contributed by atoms with E-state index in [1.165, 1.54) is 7.11 Å². The number of rotatable bonds is 5. The molecule has 0 spiro atoms. The monoisotopic (exact) mass is 270 g/mol. The third-order valence-corrected chi connectivity index (χ3v) is 13.6. The number of hydrogen-bond acceptors (Lipinski definition) is 3. The van der Waals surface area contributed by atoms with Gasteiger partial charge in [0.2, 0.25) is 0 Å². The van der Waals surface area contributed by atoms with Crippen molar-refractivity contribution in [1.29, 1.82) is 0 Å². The zero-order chi connectivity index (χ0) is 10.7. The SMILES string of the molecule is CCC[CH](S(=O)(=O)OC)[Ge]([CH3])([CH3])[CH3]. The first-order chi connectivity index (χ1) is 5.75. The predicted octanol–water partition coefficient (Wildman–Crippen LogP) is 2.01. The van der Waals surface area contributed by atoms with E-state index < -0.39 is 23.4 Å². The van der Waals surface area contributed by atoms with E-state index in [0.29, 0.717) is 0 Å². The minimum absolute atomic E-state index is 0.220. The van der Waals surface area contributed by atoms with E-state index in [1.54, 1.807) is 0 Å². The van der Waals surface area contributed by atoms with Gasteiger partial charge in [-0.15, -0.1) is 0 Å². The molecule has 80 valence electrons. The Labute approximate surface area is 84.3 Å². The van der Waals surface area contributed by atoms with Crippen LogP contribution in [0.4, 0.5) is 0 Å². The van der Waals surface area contributed by atoms with Gasteiger partial charge >= 0.3 is 84.2 Å². The summed E-state index contributed by atoms with van der Waals surface area (Å²) in [6, 6.07) is 0. The summed E-state index contributed by atoms with van der Waals surface area (Å²) in [6.07, 6.45) is 1.63. The summed E-state index contributed by atoms with van der Waals surface area (Å²) in [4.78, 5) is 0. The molecule has 0 aromatic rings. The molecule has 0 amide bonds.